The third kappa shape index (κ3) is 5.85. The second-order valence-electron chi connectivity index (χ2n) is 7.51. The molecule has 0 spiro atoms. The molecule has 29 heavy (non-hydrogen) atoms. The van der Waals surface area contributed by atoms with Gasteiger partial charge in [-0.2, -0.15) is 0 Å². The van der Waals surface area contributed by atoms with Gasteiger partial charge in [0.25, 0.3) is 5.91 Å². The molecule has 2 heterocycles. The van der Waals surface area contributed by atoms with Gasteiger partial charge in [0.05, 0.1) is 13.7 Å². The number of piperidine rings is 1. The van der Waals surface area contributed by atoms with Crippen molar-refractivity contribution in [2.75, 3.05) is 46.4 Å². The lowest BCUT2D eigenvalue weighted by molar-refractivity contribution is -0.139. The number of nitrogens with one attached hydrogen (secondary N) is 1. The van der Waals surface area contributed by atoms with Gasteiger partial charge in [-0.3, -0.25) is 14.4 Å². The Balaban J connectivity index is 1.40. The fraction of sp³-hybridized carbons (Fsp3) is 0.571. The van der Waals surface area contributed by atoms with Crippen molar-refractivity contribution in [3.63, 3.8) is 0 Å². The van der Waals surface area contributed by atoms with Crippen molar-refractivity contribution in [2.45, 2.75) is 25.7 Å². The molecule has 158 valence electrons. The Labute approximate surface area is 171 Å². The van der Waals surface area contributed by atoms with Crippen LogP contribution in [0.3, 0.4) is 0 Å². The summed E-state index contributed by atoms with van der Waals surface area (Å²) in [5, 5.41) is 2.89. The van der Waals surface area contributed by atoms with E-state index >= 15 is 0 Å². The third-order valence-electron chi connectivity index (χ3n) is 5.38. The maximum Gasteiger partial charge on any atom is 0.257 e. The Morgan fingerprint density at radius 2 is 1.97 bits per heavy atom. The van der Waals surface area contributed by atoms with Crippen LogP contribution in [0.1, 0.15) is 25.7 Å². The zero-order chi connectivity index (χ0) is 20.6. The molecule has 1 unspecified atom stereocenters. The largest absolute Gasteiger partial charge is 0.493 e. The van der Waals surface area contributed by atoms with Gasteiger partial charge in [0, 0.05) is 32.6 Å². The van der Waals surface area contributed by atoms with Gasteiger partial charge in [-0.05, 0) is 37.3 Å². The number of para-hydroxylation sites is 2. The van der Waals surface area contributed by atoms with E-state index in [2.05, 4.69) is 5.32 Å². The first-order chi connectivity index (χ1) is 14.1. The summed E-state index contributed by atoms with van der Waals surface area (Å²) in [6.07, 6.45) is 3.23. The molecule has 2 saturated heterocycles. The summed E-state index contributed by atoms with van der Waals surface area (Å²) in [5.41, 5.74) is 0. The van der Waals surface area contributed by atoms with Crippen LogP contribution in [-0.2, 0) is 14.4 Å². The van der Waals surface area contributed by atoms with Gasteiger partial charge < -0.3 is 24.6 Å². The first-order valence-corrected chi connectivity index (χ1v) is 10.1. The maximum atomic E-state index is 12.5. The van der Waals surface area contributed by atoms with E-state index in [9.17, 15) is 14.4 Å². The summed E-state index contributed by atoms with van der Waals surface area (Å²) in [5.74, 6) is 1.17. The molecule has 1 aromatic carbocycles. The predicted octanol–water partition coefficient (Wildman–Crippen LogP) is 1.05. The lowest BCUT2D eigenvalue weighted by atomic mass is 9.98. The van der Waals surface area contributed by atoms with Crippen molar-refractivity contribution in [3.8, 4) is 11.5 Å². The number of nitrogens with zero attached hydrogens (tertiary/aromatic N) is 2. The van der Waals surface area contributed by atoms with Crippen LogP contribution in [0.15, 0.2) is 24.3 Å². The molecular formula is C21H29N3O5. The molecule has 8 nitrogen and oxygen atoms in total. The Hall–Kier alpha value is -2.77. The number of methoxy groups -OCH3 is 1. The molecule has 0 aliphatic carbocycles. The van der Waals surface area contributed by atoms with Crippen LogP contribution in [0.5, 0.6) is 11.5 Å². The number of hydrogen-bond acceptors (Lipinski definition) is 5. The second-order valence-corrected chi connectivity index (χ2v) is 7.51. The van der Waals surface area contributed by atoms with Gasteiger partial charge in [-0.1, -0.05) is 12.1 Å². The number of hydrogen-bond donors (Lipinski definition) is 1. The van der Waals surface area contributed by atoms with E-state index in [1.54, 1.807) is 24.1 Å². The lowest BCUT2D eigenvalue weighted by Gasteiger charge is -2.33. The van der Waals surface area contributed by atoms with Crippen molar-refractivity contribution in [1.29, 1.82) is 0 Å². The molecule has 2 fully saturated rings. The maximum absolute atomic E-state index is 12.5. The van der Waals surface area contributed by atoms with E-state index in [-0.39, 0.29) is 36.8 Å². The highest BCUT2D eigenvalue weighted by Gasteiger charge is 2.28. The topological polar surface area (TPSA) is 88.2 Å². The molecular weight excluding hydrogens is 374 g/mol. The van der Waals surface area contributed by atoms with Crippen LogP contribution >= 0.6 is 0 Å². The number of ether oxygens (including phenoxy) is 2. The van der Waals surface area contributed by atoms with Crippen LogP contribution in [0.4, 0.5) is 0 Å². The highest BCUT2D eigenvalue weighted by atomic mass is 16.5. The van der Waals surface area contributed by atoms with E-state index in [1.807, 2.05) is 17.0 Å². The van der Waals surface area contributed by atoms with Crippen LogP contribution < -0.4 is 14.8 Å². The number of benzene rings is 1. The summed E-state index contributed by atoms with van der Waals surface area (Å²) >= 11 is 0. The predicted molar refractivity (Wildman–Crippen MR) is 107 cm³/mol. The first kappa shape index (κ1) is 21.0. The zero-order valence-electron chi connectivity index (χ0n) is 16.9. The van der Waals surface area contributed by atoms with E-state index in [4.69, 9.17) is 9.47 Å². The molecule has 1 atom stereocenters. The molecule has 1 aromatic rings. The monoisotopic (exact) mass is 403 g/mol. The molecule has 0 bridgehead atoms. The summed E-state index contributed by atoms with van der Waals surface area (Å²) in [6, 6.07) is 7.18. The number of carbonyl (C=O) groups is 3. The van der Waals surface area contributed by atoms with E-state index in [0.29, 0.717) is 44.1 Å². The Morgan fingerprint density at radius 3 is 2.69 bits per heavy atom. The molecule has 0 aromatic heterocycles. The minimum absolute atomic E-state index is 0.00391. The second kappa shape index (κ2) is 10.1. The fourth-order valence-corrected chi connectivity index (χ4v) is 3.78. The third-order valence-corrected chi connectivity index (χ3v) is 5.38. The molecule has 2 aliphatic heterocycles. The molecule has 3 amide bonds. The SMILES string of the molecule is COc1ccccc1OCC(=O)NCC1CCCN(C(=O)CN2CCCC2=O)C1. The standard InChI is InChI=1S/C21H29N3O5/c1-28-17-7-2-3-8-18(17)29-15-19(25)22-12-16-6-4-10-23(13-16)21(27)14-24-11-5-9-20(24)26/h2-3,7-8,16H,4-6,9-15H2,1H3,(H,22,25). The minimum Gasteiger partial charge on any atom is -0.493 e. The average molecular weight is 403 g/mol. The quantitative estimate of drug-likeness (QED) is 0.701. The Kier molecular flexibility index (Phi) is 7.32. The van der Waals surface area contributed by atoms with Gasteiger partial charge in [-0.25, -0.2) is 0 Å². The normalized spacial score (nSPS) is 19.2. The summed E-state index contributed by atoms with van der Waals surface area (Å²) in [4.78, 5) is 39.8. The summed E-state index contributed by atoms with van der Waals surface area (Å²) in [7, 11) is 1.55. The van der Waals surface area contributed by atoms with Crippen LogP contribution in [0.25, 0.3) is 0 Å². The summed E-state index contributed by atoms with van der Waals surface area (Å²) in [6.45, 7) is 2.57. The number of likely N-dealkylation sites (tertiary alicyclic amines) is 2. The molecule has 0 radical (unpaired) electrons. The molecule has 2 aliphatic rings. The van der Waals surface area contributed by atoms with Crippen molar-refractivity contribution in [1.82, 2.24) is 15.1 Å². The minimum atomic E-state index is -0.206. The molecule has 0 saturated carbocycles. The average Bonchev–Trinajstić information content (AvgIpc) is 3.15. The number of carbonyl (C=O) groups excluding carboxylic acids is 3. The number of rotatable bonds is 8. The van der Waals surface area contributed by atoms with Gasteiger partial charge in [0.15, 0.2) is 18.1 Å². The van der Waals surface area contributed by atoms with Gasteiger partial charge in [0.1, 0.15) is 0 Å². The van der Waals surface area contributed by atoms with E-state index in [1.165, 1.54) is 0 Å². The van der Waals surface area contributed by atoms with Crippen molar-refractivity contribution in [3.05, 3.63) is 24.3 Å². The van der Waals surface area contributed by atoms with Gasteiger partial charge >= 0.3 is 0 Å². The first-order valence-electron chi connectivity index (χ1n) is 10.1. The zero-order valence-corrected chi connectivity index (χ0v) is 16.9. The van der Waals surface area contributed by atoms with E-state index in [0.717, 1.165) is 19.3 Å². The van der Waals surface area contributed by atoms with E-state index < -0.39 is 0 Å². The Morgan fingerprint density at radius 1 is 1.17 bits per heavy atom. The van der Waals surface area contributed by atoms with Crippen molar-refractivity contribution < 1.29 is 23.9 Å². The lowest BCUT2D eigenvalue weighted by Crippen LogP contribution is -2.47. The van der Waals surface area contributed by atoms with Gasteiger partial charge in [0.2, 0.25) is 11.8 Å². The van der Waals surface area contributed by atoms with Crippen LogP contribution in [0, 0.1) is 5.92 Å². The highest BCUT2D eigenvalue weighted by Crippen LogP contribution is 2.25. The molecule has 8 heteroatoms. The number of amides is 3. The van der Waals surface area contributed by atoms with Crippen LogP contribution in [0.2, 0.25) is 0 Å². The van der Waals surface area contributed by atoms with Crippen LogP contribution in [-0.4, -0.2) is 74.0 Å². The van der Waals surface area contributed by atoms with Crippen molar-refractivity contribution >= 4 is 17.7 Å². The molecule has 1 N–H and O–H groups in total. The summed E-state index contributed by atoms with van der Waals surface area (Å²) < 4.78 is 10.7. The molecule has 3 rings (SSSR count). The van der Waals surface area contributed by atoms with Crippen molar-refractivity contribution in [2.24, 2.45) is 5.92 Å². The highest BCUT2D eigenvalue weighted by molar-refractivity contribution is 5.86. The smallest absolute Gasteiger partial charge is 0.257 e. The fourth-order valence-electron chi connectivity index (χ4n) is 3.78. The Bertz CT molecular complexity index is 739. The van der Waals surface area contributed by atoms with Gasteiger partial charge in [-0.15, -0.1) is 0 Å².